The Morgan fingerprint density at radius 2 is 1.68 bits per heavy atom. The molecule has 4 nitrogen and oxygen atoms in total. The van der Waals surface area contributed by atoms with Crippen LogP contribution < -0.4 is 4.57 Å². The molecule has 0 aliphatic heterocycles. The van der Waals surface area contributed by atoms with Gasteiger partial charge >= 0.3 is 8.80 Å². The molecule has 0 aliphatic rings. The SMILES string of the molecule is CCO[Si](CCC[n+]1cscc1C)(OCC)OCC. The van der Waals surface area contributed by atoms with E-state index >= 15 is 0 Å². The van der Waals surface area contributed by atoms with Crippen molar-refractivity contribution in [2.24, 2.45) is 0 Å². The first kappa shape index (κ1) is 16.8. The number of aromatic nitrogens is 1. The summed E-state index contributed by atoms with van der Waals surface area (Å²) in [5.74, 6) is 0. The third-order valence-electron chi connectivity index (χ3n) is 2.85. The fourth-order valence-corrected chi connectivity index (χ4v) is 5.45. The van der Waals surface area contributed by atoms with Crippen molar-refractivity contribution in [2.75, 3.05) is 19.8 Å². The fraction of sp³-hybridized carbons (Fsp3) is 0.769. The minimum atomic E-state index is -2.46. The van der Waals surface area contributed by atoms with E-state index in [1.807, 2.05) is 20.8 Å². The number of aryl methyl sites for hydroxylation is 2. The molecule has 110 valence electrons. The van der Waals surface area contributed by atoms with Crippen LogP contribution in [0.3, 0.4) is 0 Å². The van der Waals surface area contributed by atoms with Gasteiger partial charge in [0.1, 0.15) is 6.54 Å². The van der Waals surface area contributed by atoms with Gasteiger partial charge in [-0.25, -0.2) is 0 Å². The monoisotopic (exact) mass is 304 g/mol. The maximum atomic E-state index is 5.85. The van der Waals surface area contributed by atoms with Crippen LogP contribution in [0.2, 0.25) is 6.04 Å². The normalized spacial score (nSPS) is 12.0. The van der Waals surface area contributed by atoms with Gasteiger partial charge < -0.3 is 13.3 Å². The quantitative estimate of drug-likeness (QED) is 0.492. The van der Waals surface area contributed by atoms with Crippen LogP contribution in [0.4, 0.5) is 0 Å². The van der Waals surface area contributed by atoms with Gasteiger partial charge in [0.25, 0.3) is 0 Å². The lowest BCUT2D eigenvalue weighted by molar-refractivity contribution is -0.698. The summed E-state index contributed by atoms with van der Waals surface area (Å²) >= 11 is 1.74. The average Bonchev–Trinajstić information content (AvgIpc) is 2.76. The maximum Gasteiger partial charge on any atom is 0.501 e. The third-order valence-corrected chi connectivity index (χ3v) is 6.86. The summed E-state index contributed by atoms with van der Waals surface area (Å²) in [5.41, 5.74) is 3.46. The second-order valence-corrected chi connectivity index (χ2v) is 7.73. The third kappa shape index (κ3) is 5.31. The number of hydrogen-bond donors (Lipinski definition) is 0. The van der Waals surface area contributed by atoms with Crippen molar-refractivity contribution >= 4 is 20.1 Å². The molecule has 0 atom stereocenters. The van der Waals surface area contributed by atoms with Crippen LogP contribution in [0.5, 0.6) is 0 Å². The highest BCUT2D eigenvalue weighted by molar-refractivity contribution is 7.07. The first-order chi connectivity index (χ1) is 9.17. The largest absolute Gasteiger partial charge is 0.501 e. The summed E-state index contributed by atoms with van der Waals surface area (Å²) in [6, 6.07) is 0.880. The number of nitrogens with zero attached hydrogens (tertiary/aromatic N) is 1. The highest BCUT2D eigenvalue weighted by Crippen LogP contribution is 2.18. The van der Waals surface area contributed by atoms with Gasteiger partial charge in [-0.3, -0.25) is 0 Å². The van der Waals surface area contributed by atoms with Gasteiger partial charge in [0.2, 0.25) is 5.51 Å². The summed E-state index contributed by atoms with van der Waals surface area (Å²) < 4.78 is 19.8. The lowest BCUT2D eigenvalue weighted by Crippen LogP contribution is -2.47. The highest BCUT2D eigenvalue weighted by Gasteiger charge is 2.40. The van der Waals surface area contributed by atoms with E-state index in [0.29, 0.717) is 19.8 Å². The minimum absolute atomic E-state index is 0.650. The van der Waals surface area contributed by atoms with Crippen molar-refractivity contribution < 1.29 is 17.8 Å². The van der Waals surface area contributed by atoms with Gasteiger partial charge in [-0.2, -0.15) is 4.57 Å². The lowest BCUT2D eigenvalue weighted by atomic mass is 10.4. The van der Waals surface area contributed by atoms with E-state index in [9.17, 15) is 0 Å². The van der Waals surface area contributed by atoms with Crippen molar-refractivity contribution in [2.45, 2.75) is 46.7 Å². The van der Waals surface area contributed by atoms with Crippen LogP contribution in [-0.4, -0.2) is 28.6 Å². The van der Waals surface area contributed by atoms with Gasteiger partial charge in [-0.05, 0) is 20.8 Å². The Hall–Kier alpha value is -0.273. The number of thiazole rings is 1. The van der Waals surface area contributed by atoms with Gasteiger partial charge in [0.05, 0.1) is 5.38 Å². The predicted octanol–water partition coefficient (Wildman–Crippen LogP) is 2.78. The van der Waals surface area contributed by atoms with Crippen molar-refractivity contribution in [1.29, 1.82) is 0 Å². The van der Waals surface area contributed by atoms with Crippen molar-refractivity contribution in [1.82, 2.24) is 0 Å². The summed E-state index contributed by atoms with van der Waals surface area (Å²) in [4.78, 5) is 0. The Labute approximate surface area is 121 Å². The molecule has 0 aliphatic carbocycles. The Morgan fingerprint density at radius 1 is 1.11 bits per heavy atom. The van der Waals surface area contributed by atoms with Gasteiger partial charge in [0.15, 0.2) is 5.69 Å². The van der Waals surface area contributed by atoms with Crippen molar-refractivity contribution in [3.63, 3.8) is 0 Å². The Morgan fingerprint density at radius 3 is 2.11 bits per heavy atom. The Balaban J connectivity index is 2.53. The second-order valence-electron chi connectivity index (χ2n) is 4.28. The summed E-state index contributed by atoms with van der Waals surface area (Å²) in [5, 5.41) is 2.16. The zero-order chi connectivity index (χ0) is 14.1. The molecule has 1 heterocycles. The van der Waals surface area contributed by atoms with E-state index in [0.717, 1.165) is 19.0 Å². The lowest BCUT2D eigenvalue weighted by Gasteiger charge is -2.28. The van der Waals surface area contributed by atoms with Crippen molar-refractivity contribution in [3.05, 3.63) is 16.6 Å². The molecule has 1 rings (SSSR count). The molecule has 6 heteroatoms. The molecular formula is C13H26NO3SSi+. The topological polar surface area (TPSA) is 31.6 Å². The standard InChI is InChI=1S/C13H26NO3SSi/c1-5-15-19(16-6-2,17-7-3)10-8-9-14-12-18-11-13(14)4/h11-12H,5-10H2,1-4H3/q+1. The van der Waals surface area contributed by atoms with E-state index in [1.165, 1.54) is 5.69 Å². The fourth-order valence-electron chi connectivity index (χ4n) is 2.05. The van der Waals surface area contributed by atoms with Crippen LogP contribution in [-0.2, 0) is 19.8 Å². The zero-order valence-corrected chi connectivity index (χ0v) is 14.3. The molecule has 0 radical (unpaired) electrons. The summed E-state index contributed by atoms with van der Waals surface area (Å²) in [6.45, 7) is 11.1. The molecule has 19 heavy (non-hydrogen) atoms. The number of rotatable bonds is 10. The smallest absolute Gasteiger partial charge is 0.374 e. The molecule has 0 aromatic carbocycles. The van der Waals surface area contributed by atoms with Crippen LogP contribution >= 0.6 is 11.3 Å². The van der Waals surface area contributed by atoms with Gasteiger partial charge in [-0.1, -0.05) is 11.3 Å². The van der Waals surface area contributed by atoms with E-state index in [2.05, 4.69) is 22.4 Å². The molecule has 0 fully saturated rings. The molecule has 0 bridgehead atoms. The predicted molar refractivity (Wildman–Crippen MR) is 79.3 cm³/mol. The Bertz CT molecular complexity index is 342. The molecule has 0 N–H and O–H groups in total. The van der Waals surface area contributed by atoms with Crippen LogP contribution in [0.1, 0.15) is 32.9 Å². The van der Waals surface area contributed by atoms with Crippen LogP contribution in [0.15, 0.2) is 10.9 Å². The molecule has 1 aromatic rings. The molecular weight excluding hydrogens is 278 g/mol. The first-order valence-electron chi connectivity index (χ1n) is 7.01. The molecule has 1 aromatic heterocycles. The molecule has 0 unspecified atom stereocenters. The number of hydrogen-bond acceptors (Lipinski definition) is 4. The second kappa shape index (κ2) is 8.81. The molecule has 0 saturated carbocycles. The van der Waals surface area contributed by atoms with E-state index in [-0.39, 0.29) is 0 Å². The maximum absolute atomic E-state index is 5.85. The molecule has 0 spiro atoms. The zero-order valence-electron chi connectivity index (χ0n) is 12.5. The molecule has 0 amide bonds. The average molecular weight is 305 g/mol. The van der Waals surface area contributed by atoms with Crippen LogP contribution in [0.25, 0.3) is 0 Å². The van der Waals surface area contributed by atoms with E-state index in [4.69, 9.17) is 13.3 Å². The minimum Gasteiger partial charge on any atom is -0.374 e. The van der Waals surface area contributed by atoms with E-state index < -0.39 is 8.80 Å². The Kier molecular flexibility index (Phi) is 7.78. The highest BCUT2D eigenvalue weighted by atomic mass is 32.1. The summed E-state index contributed by atoms with van der Waals surface area (Å²) in [7, 11) is -2.46. The van der Waals surface area contributed by atoms with E-state index in [1.54, 1.807) is 11.3 Å². The summed E-state index contributed by atoms with van der Waals surface area (Å²) in [6.07, 6.45) is 1.02. The molecule has 0 saturated heterocycles. The van der Waals surface area contributed by atoms with Gasteiger partial charge in [0, 0.05) is 39.2 Å². The van der Waals surface area contributed by atoms with Crippen molar-refractivity contribution in [3.8, 4) is 0 Å². The first-order valence-corrected chi connectivity index (χ1v) is 9.89. The van der Waals surface area contributed by atoms with Crippen LogP contribution in [0, 0.1) is 6.92 Å². The van der Waals surface area contributed by atoms with Gasteiger partial charge in [-0.15, -0.1) is 0 Å².